The maximum atomic E-state index is 13.9. The summed E-state index contributed by atoms with van der Waals surface area (Å²) in [6, 6.07) is 12.5. The van der Waals surface area contributed by atoms with Crippen LogP contribution in [0.2, 0.25) is 0 Å². The Hall–Kier alpha value is -2.98. The molecule has 1 N–H and O–H groups in total. The van der Waals surface area contributed by atoms with Gasteiger partial charge in [-0.3, -0.25) is 0 Å². The molecule has 1 aliphatic rings. The molecule has 2 aromatic carbocycles. The van der Waals surface area contributed by atoms with Gasteiger partial charge in [-0.05, 0) is 17.7 Å². The highest BCUT2D eigenvalue weighted by molar-refractivity contribution is 7.14. The van der Waals surface area contributed by atoms with E-state index in [1.807, 2.05) is 18.2 Å². The molecule has 0 saturated heterocycles. The van der Waals surface area contributed by atoms with Crippen molar-refractivity contribution in [2.75, 3.05) is 11.6 Å². The lowest BCUT2D eigenvalue weighted by Crippen LogP contribution is -2.55. The molecule has 2 heterocycles. The number of benzene rings is 2. The van der Waals surface area contributed by atoms with E-state index in [4.69, 9.17) is 4.74 Å². The SMILES string of the molecule is CCOC(=O)c1csc(N2N=C(c3cccc4ccccc34)C[C@]2(O)C(F)(F)F)n1. The quantitative estimate of drug-likeness (QED) is 0.617. The number of carbonyl (C=O) groups excluding carboxylic acids is 1. The van der Waals surface area contributed by atoms with Gasteiger partial charge in [-0.2, -0.15) is 23.3 Å². The first-order valence-electron chi connectivity index (χ1n) is 9.02. The Morgan fingerprint density at radius 2 is 2.00 bits per heavy atom. The van der Waals surface area contributed by atoms with Crippen LogP contribution < -0.4 is 5.01 Å². The number of ether oxygens (including phenoxy) is 1. The van der Waals surface area contributed by atoms with Crippen LogP contribution in [0.3, 0.4) is 0 Å². The van der Waals surface area contributed by atoms with Gasteiger partial charge in [0.05, 0.1) is 18.7 Å². The highest BCUT2D eigenvalue weighted by Crippen LogP contribution is 2.45. The fourth-order valence-electron chi connectivity index (χ4n) is 3.25. The van der Waals surface area contributed by atoms with E-state index in [1.165, 1.54) is 5.38 Å². The second-order valence-corrected chi connectivity index (χ2v) is 7.45. The number of esters is 1. The number of fused-ring (bicyclic) bond motifs is 1. The third-order valence-electron chi connectivity index (χ3n) is 4.70. The normalized spacial score (nSPS) is 19.2. The molecule has 1 atom stereocenters. The zero-order valence-corrected chi connectivity index (χ0v) is 16.5. The van der Waals surface area contributed by atoms with Crippen molar-refractivity contribution in [2.45, 2.75) is 25.2 Å². The number of carbonyl (C=O) groups is 1. The fraction of sp³-hybridized carbons (Fsp3) is 0.250. The molecule has 1 aliphatic heterocycles. The number of hydrogen-bond donors (Lipinski definition) is 1. The summed E-state index contributed by atoms with van der Waals surface area (Å²) >= 11 is 0.767. The van der Waals surface area contributed by atoms with Crippen molar-refractivity contribution < 1.29 is 27.8 Å². The number of aliphatic hydroxyl groups is 1. The molecule has 10 heteroatoms. The Labute approximate surface area is 173 Å². The maximum absolute atomic E-state index is 13.9. The molecule has 30 heavy (non-hydrogen) atoms. The van der Waals surface area contributed by atoms with E-state index in [1.54, 1.807) is 31.2 Å². The number of hydrogen-bond acceptors (Lipinski definition) is 7. The van der Waals surface area contributed by atoms with Gasteiger partial charge >= 0.3 is 12.1 Å². The average Bonchev–Trinajstić information content (AvgIpc) is 3.33. The van der Waals surface area contributed by atoms with Crippen LogP contribution in [-0.2, 0) is 4.74 Å². The lowest BCUT2D eigenvalue weighted by Gasteiger charge is -2.32. The summed E-state index contributed by atoms with van der Waals surface area (Å²) in [5.74, 6) is -0.756. The third kappa shape index (κ3) is 3.31. The summed E-state index contributed by atoms with van der Waals surface area (Å²) in [7, 11) is 0. The van der Waals surface area contributed by atoms with Crippen molar-refractivity contribution in [2.24, 2.45) is 5.10 Å². The molecule has 0 aliphatic carbocycles. The fourth-order valence-corrected chi connectivity index (χ4v) is 4.06. The Kier molecular flexibility index (Phi) is 4.99. The topological polar surface area (TPSA) is 75.0 Å². The number of thiazole rings is 1. The highest BCUT2D eigenvalue weighted by Gasteiger charge is 2.62. The molecular weight excluding hydrogens is 419 g/mol. The number of alkyl halides is 3. The Morgan fingerprint density at radius 1 is 1.27 bits per heavy atom. The molecule has 1 aromatic heterocycles. The van der Waals surface area contributed by atoms with Crippen LogP contribution in [0.5, 0.6) is 0 Å². The van der Waals surface area contributed by atoms with E-state index in [9.17, 15) is 23.1 Å². The Morgan fingerprint density at radius 3 is 2.73 bits per heavy atom. The van der Waals surface area contributed by atoms with Crippen LogP contribution in [0.4, 0.5) is 18.3 Å². The number of rotatable bonds is 4. The smallest absolute Gasteiger partial charge is 0.438 e. The predicted molar refractivity (Wildman–Crippen MR) is 107 cm³/mol. The van der Waals surface area contributed by atoms with Crippen LogP contribution >= 0.6 is 11.3 Å². The molecule has 156 valence electrons. The molecule has 0 fully saturated rings. The van der Waals surface area contributed by atoms with Crippen molar-refractivity contribution in [1.82, 2.24) is 4.98 Å². The molecule has 6 nitrogen and oxygen atoms in total. The molecule has 0 bridgehead atoms. The van der Waals surface area contributed by atoms with Crippen molar-refractivity contribution in [3.05, 3.63) is 59.1 Å². The van der Waals surface area contributed by atoms with Crippen molar-refractivity contribution in [3.8, 4) is 0 Å². The van der Waals surface area contributed by atoms with Crippen LogP contribution in [-0.4, -0.2) is 40.3 Å². The number of halogens is 3. The first kappa shape index (κ1) is 20.3. The average molecular weight is 435 g/mol. The zero-order valence-electron chi connectivity index (χ0n) is 15.7. The van der Waals surface area contributed by atoms with Gasteiger partial charge in [0.2, 0.25) is 5.13 Å². The van der Waals surface area contributed by atoms with Gasteiger partial charge in [-0.15, -0.1) is 11.3 Å². The highest BCUT2D eigenvalue weighted by atomic mass is 32.1. The van der Waals surface area contributed by atoms with Gasteiger partial charge < -0.3 is 9.84 Å². The first-order chi connectivity index (χ1) is 14.2. The zero-order chi connectivity index (χ0) is 21.5. The molecule has 0 saturated carbocycles. The van der Waals surface area contributed by atoms with E-state index in [-0.39, 0.29) is 23.1 Å². The summed E-state index contributed by atoms with van der Waals surface area (Å²) in [6.45, 7) is 1.71. The number of hydrazone groups is 1. The van der Waals surface area contributed by atoms with E-state index in [0.29, 0.717) is 10.6 Å². The molecule has 3 aromatic rings. The van der Waals surface area contributed by atoms with Crippen molar-refractivity contribution >= 4 is 38.9 Å². The van der Waals surface area contributed by atoms with Gasteiger partial charge in [-0.1, -0.05) is 42.5 Å². The van der Waals surface area contributed by atoms with Gasteiger partial charge in [0.1, 0.15) is 0 Å². The van der Waals surface area contributed by atoms with Crippen molar-refractivity contribution in [1.29, 1.82) is 0 Å². The van der Waals surface area contributed by atoms with Gasteiger partial charge in [0.15, 0.2) is 5.69 Å². The second-order valence-electron chi connectivity index (χ2n) is 6.61. The number of anilines is 1. The predicted octanol–water partition coefficient (Wildman–Crippen LogP) is 4.34. The molecule has 0 radical (unpaired) electrons. The lowest BCUT2D eigenvalue weighted by atomic mass is 9.96. The number of nitrogens with zero attached hydrogens (tertiary/aromatic N) is 3. The standard InChI is InChI=1S/C20H16F3N3O3S/c1-2-29-17(27)16-11-30-18(24-16)26-19(28,20(21,22)23)10-15(25-26)14-9-5-7-12-6-3-4-8-13(12)14/h3-9,11,28H,2,10H2,1H3/t19-/m0/s1. The molecule has 0 amide bonds. The lowest BCUT2D eigenvalue weighted by molar-refractivity contribution is -0.254. The Balaban J connectivity index is 1.80. The van der Waals surface area contributed by atoms with Gasteiger partial charge in [-0.25, -0.2) is 9.78 Å². The van der Waals surface area contributed by atoms with E-state index in [0.717, 1.165) is 22.1 Å². The Bertz CT molecular complexity index is 1140. The van der Waals surface area contributed by atoms with Crippen LogP contribution in [0.15, 0.2) is 52.9 Å². The van der Waals surface area contributed by atoms with E-state index < -0.39 is 24.3 Å². The minimum Gasteiger partial charge on any atom is -0.461 e. The monoisotopic (exact) mass is 435 g/mol. The van der Waals surface area contributed by atoms with Crippen LogP contribution in [0.25, 0.3) is 10.8 Å². The van der Waals surface area contributed by atoms with Crippen LogP contribution in [0.1, 0.15) is 29.4 Å². The molecule has 0 unspecified atom stereocenters. The summed E-state index contributed by atoms with van der Waals surface area (Å²) < 4.78 is 46.5. The summed E-state index contributed by atoms with van der Waals surface area (Å²) in [6.07, 6.45) is -5.79. The summed E-state index contributed by atoms with van der Waals surface area (Å²) in [5, 5.41) is 17.7. The second kappa shape index (κ2) is 7.37. The minimum atomic E-state index is -5.02. The molecule has 4 rings (SSSR count). The van der Waals surface area contributed by atoms with Gasteiger partial charge in [0.25, 0.3) is 5.72 Å². The maximum Gasteiger partial charge on any atom is 0.438 e. The van der Waals surface area contributed by atoms with E-state index in [2.05, 4.69) is 10.1 Å². The van der Waals surface area contributed by atoms with Crippen LogP contribution in [0, 0.1) is 0 Å². The minimum absolute atomic E-state index is 0.0690. The third-order valence-corrected chi connectivity index (χ3v) is 5.51. The summed E-state index contributed by atoms with van der Waals surface area (Å²) in [5.41, 5.74) is -2.88. The van der Waals surface area contributed by atoms with Gasteiger partial charge in [0, 0.05) is 10.9 Å². The van der Waals surface area contributed by atoms with E-state index >= 15 is 0 Å². The largest absolute Gasteiger partial charge is 0.461 e. The first-order valence-corrected chi connectivity index (χ1v) is 9.90. The van der Waals surface area contributed by atoms with Crippen molar-refractivity contribution in [3.63, 3.8) is 0 Å². The summed E-state index contributed by atoms with van der Waals surface area (Å²) in [4.78, 5) is 15.8. The number of aromatic nitrogens is 1. The molecular formula is C20H16F3N3O3S. The molecule has 0 spiro atoms.